The number of hydrogen-bond donors (Lipinski definition) is 1. The molecule has 1 atom stereocenters. The Balaban J connectivity index is 2.40. The lowest BCUT2D eigenvalue weighted by molar-refractivity contribution is 0.461. The van der Waals surface area contributed by atoms with Gasteiger partial charge in [-0.3, -0.25) is 0 Å². The van der Waals surface area contributed by atoms with E-state index in [1.54, 1.807) is 12.1 Å². The van der Waals surface area contributed by atoms with Gasteiger partial charge in [-0.25, -0.2) is 8.78 Å². The molecule has 5 heteroatoms. The molecular formula is C11H8BrF2NO. The average Bonchev–Trinajstić information content (AvgIpc) is 2.67. The van der Waals surface area contributed by atoms with Gasteiger partial charge in [0.2, 0.25) is 0 Å². The van der Waals surface area contributed by atoms with E-state index in [2.05, 4.69) is 15.9 Å². The predicted octanol–water partition coefficient (Wildman–Crippen LogP) is 3.37. The molecule has 0 aliphatic heterocycles. The predicted molar refractivity (Wildman–Crippen MR) is 58.8 cm³/mol. The molecule has 84 valence electrons. The van der Waals surface area contributed by atoms with Crippen LogP contribution in [0.15, 0.2) is 39.4 Å². The Kier molecular flexibility index (Phi) is 3.07. The fraction of sp³-hybridized carbons (Fsp3) is 0.0909. The van der Waals surface area contributed by atoms with Gasteiger partial charge in [-0.05, 0) is 46.3 Å². The van der Waals surface area contributed by atoms with Crippen molar-refractivity contribution in [2.24, 2.45) is 5.73 Å². The van der Waals surface area contributed by atoms with E-state index in [9.17, 15) is 8.78 Å². The van der Waals surface area contributed by atoms with Crippen LogP contribution in [0.1, 0.15) is 17.4 Å². The monoisotopic (exact) mass is 287 g/mol. The van der Waals surface area contributed by atoms with E-state index in [0.717, 1.165) is 18.2 Å². The van der Waals surface area contributed by atoms with Crippen molar-refractivity contribution in [3.05, 3.63) is 58.0 Å². The zero-order chi connectivity index (χ0) is 11.7. The molecule has 0 saturated carbocycles. The number of rotatable bonds is 2. The summed E-state index contributed by atoms with van der Waals surface area (Å²) >= 11 is 3.12. The van der Waals surface area contributed by atoms with Crippen LogP contribution in [-0.2, 0) is 0 Å². The third-order valence-corrected chi connectivity index (χ3v) is 2.62. The fourth-order valence-electron chi connectivity index (χ4n) is 1.40. The van der Waals surface area contributed by atoms with E-state index < -0.39 is 17.7 Å². The Labute approximate surface area is 99.2 Å². The Hall–Kier alpha value is -1.20. The van der Waals surface area contributed by atoms with E-state index in [1.807, 2.05) is 0 Å². The van der Waals surface area contributed by atoms with Crippen LogP contribution in [0.4, 0.5) is 8.78 Å². The van der Waals surface area contributed by atoms with Gasteiger partial charge in [0.1, 0.15) is 17.4 Å². The molecule has 2 nitrogen and oxygen atoms in total. The largest absolute Gasteiger partial charge is 0.452 e. The number of nitrogens with two attached hydrogens (primary N) is 1. The Morgan fingerprint density at radius 1 is 1.19 bits per heavy atom. The van der Waals surface area contributed by atoms with Gasteiger partial charge >= 0.3 is 0 Å². The molecule has 0 fully saturated rings. The van der Waals surface area contributed by atoms with Gasteiger partial charge in [-0.2, -0.15) is 0 Å². The molecule has 0 spiro atoms. The van der Waals surface area contributed by atoms with Crippen molar-refractivity contribution in [2.45, 2.75) is 6.04 Å². The van der Waals surface area contributed by atoms with Crippen molar-refractivity contribution >= 4 is 15.9 Å². The molecule has 2 aromatic rings. The second kappa shape index (κ2) is 4.35. The fourth-order valence-corrected chi connectivity index (χ4v) is 1.72. The molecule has 0 bridgehead atoms. The second-order valence-corrected chi connectivity index (χ2v) is 4.07. The quantitative estimate of drug-likeness (QED) is 0.920. The number of halogens is 3. The third-order valence-electron chi connectivity index (χ3n) is 2.19. The maximum atomic E-state index is 13.4. The van der Waals surface area contributed by atoms with E-state index in [-0.39, 0.29) is 5.56 Å². The standard InChI is InChI=1S/C11H8BrF2NO/c12-10-4-3-9(16-10)11(15)7-5-6(13)1-2-8(7)14/h1-5,11H,15H2. The van der Waals surface area contributed by atoms with Gasteiger partial charge < -0.3 is 10.2 Å². The van der Waals surface area contributed by atoms with E-state index in [1.165, 1.54) is 0 Å². The van der Waals surface area contributed by atoms with Crippen LogP contribution < -0.4 is 5.73 Å². The summed E-state index contributed by atoms with van der Waals surface area (Å²) < 4.78 is 32.1. The first-order valence-electron chi connectivity index (χ1n) is 4.53. The van der Waals surface area contributed by atoms with Crippen molar-refractivity contribution in [1.29, 1.82) is 0 Å². The van der Waals surface area contributed by atoms with Gasteiger partial charge in [0.25, 0.3) is 0 Å². The molecule has 1 heterocycles. The van der Waals surface area contributed by atoms with Crippen LogP contribution in [0.25, 0.3) is 0 Å². The SMILES string of the molecule is NC(c1ccc(Br)o1)c1cc(F)ccc1F. The number of hydrogen-bond acceptors (Lipinski definition) is 2. The highest BCUT2D eigenvalue weighted by atomic mass is 79.9. The lowest BCUT2D eigenvalue weighted by Gasteiger charge is -2.10. The number of furan rings is 1. The van der Waals surface area contributed by atoms with Gasteiger partial charge in [0.15, 0.2) is 4.67 Å². The molecule has 0 saturated heterocycles. The topological polar surface area (TPSA) is 39.2 Å². The molecule has 0 radical (unpaired) electrons. The summed E-state index contributed by atoms with van der Waals surface area (Å²) in [5.74, 6) is -0.713. The first-order valence-corrected chi connectivity index (χ1v) is 5.33. The molecule has 1 aromatic heterocycles. The van der Waals surface area contributed by atoms with Crippen LogP contribution in [0.2, 0.25) is 0 Å². The molecule has 1 aromatic carbocycles. The first kappa shape index (κ1) is 11.3. The summed E-state index contributed by atoms with van der Waals surface area (Å²) in [5, 5.41) is 0. The van der Waals surface area contributed by atoms with Crippen LogP contribution in [0, 0.1) is 11.6 Å². The maximum absolute atomic E-state index is 13.4. The maximum Gasteiger partial charge on any atom is 0.169 e. The summed E-state index contributed by atoms with van der Waals surface area (Å²) in [6, 6.07) is 5.59. The molecule has 1 unspecified atom stereocenters. The summed E-state index contributed by atoms with van der Waals surface area (Å²) in [7, 11) is 0. The van der Waals surface area contributed by atoms with Crippen molar-refractivity contribution in [3.8, 4) is 0 Å². The Bertz CT molecular complexity index is 512. The summed E-state index contributed by atoms with van der Waals surface area (Å²) in [5.41, 5.74) is 5.85. The lowest BCUT2D eigenvalue weighted by Crippen LogP contribution is -2.13. The zero-order valence-corrected chi connectivity index (χ0v) is 9.67. The summed E-state index contributed by atoms with van der Waals surface area (Å²) in [6.45, 7) is 0. The lowest BCUT2D eigenvalue weighted by atomic mass is 10.0. The van der Waals surface area contributed by atoms with Crippen LogP contribution in [0.3, 0.4) is 0 Å². The van der Waals surface area contributed by atoms with Gasteiger partial charge in [-0.15, -0.1) is 0 Å². The Morgan fingerprint density at radius 2 is 1.94 bits per heavy atom. The number of benzene rings is 1. The summed E-state index contributed by atoms with van der Waals surface area (Å²) in [6.07, 6.45) is 0. The van der Waals surface area contributed by atoms with Crippen LogP contribution >= 0.6 is 15.9 Å². The molecule has 0 amide bonds. The first-order chi connectivity index (χ1) is 7.58. The molecular weight excluding hydrogens is 280 g/mol. The van der Waals surface area contributed by atoms with Crippen molar-refractivity contribution in [2.75, 3.05) is 0 Å². The van der Waals surface area contributed by atoms with Gasteiger partial charge in [0, 0.05) is 5.56 Å². The molecule has 2 rings (SSSR count). The average molecular weight is 288 g/mol. The minimum absolute atomic E-state index is 0.0712. The van der Waals surface area contributed by atoms with E-state index in [0.29, 0.717) is 10.4 Å². The molecule has 0 aliphatic carbocycles. The van der Waals surface area contributed by atoms with Crippen molar-refractivity contribution in [3.63, 3.8) is 0 Å². The van der Waals surface area contributed by atoms with Crippen molar-refractivity contribution in [1.82, 2.24) is 0 Å². The highest BCUT2D eigenvalue weighted by Gasteiger charge is 2.17. The normalized spacial score (nSPS) is 12.8. The molecule has 2 N–H and O–H groups in total. The highest BCUT2D eigenvalue weighted by Crippen LogP contribution is 2.26. The summed E-state index contributed by atoms with van der Waals surface area (Å²) in [4.78, 5) is 0. The minimum Gasteiger partial charge on any atom is -0.452 e. The van der Waals surface area contributed by atoms with Crippen LogP contribution in [0.5, 0.6) is 0 Å². The van der Waals surface area contributed by atoms with E-state index in [4.69, 9.17) is 10.2 Å². The second-order valence-electron chi connectivity index (χ2n) is 3.29. The van der Waals surface area contributed by atoms with E-state index >= 15 is 0 Å². The van der Waals surface area contributed by atoms with Gasteiger partial charge in [0.05, 0.1) is 6.04 Å². The molecule has 0 aliphatic rings. The highest BCUT2D eigenvalue weighted by molar-refractivity contribution is 9.10. The molecule has 16 heavy (non-hydrogen) atoms. The minimum atomic E-state index is -0.818. The smallest absolute Gasteiger partial charge is 0.169 e. The van der Waals surface area contributed by atoms with Crippen LogP contribution in [-0.4, -0.2) is 0 Å². The van der Waals surface area contributed by atoms with Crippen molar-refractivity contribution < 1.29 is 13.2 Å². The Morgan fingerprint density at radius 3 is 2.56 bits per heavy atom. The zero-order valence-electron chi connectivity index (χ0n) is 8.08. The van der Waals surface area contributed by atoms with Gasteiger partial charge in [-0.1, -0.05) is 0 Å². The third kappa shape index (κ3) is 2.15.